The van der Waals surface area contributed by atoms with Gasteiger partial charge in [0.2, 0.25) is 11.0 Å². The number of Topliss-reactive ketones (excluding diaryl/α,β-unsaturated/α-hetero) is 1. The third-order valence-corrected chi connectivity index (χ3v) is 8.80. The number of benzene rings is 2. The van der Waals surface area contributed by atoms with E-state index in [1.54, 1.807) is 4.90 Å². The van der Waals surface area contributed by atoms with Crippen LogP contribution in [0, 0.1) is 23.0 Å². The average molecular weight is 579 g/mol. The molecule has 1 amide bonds. The normalized spacial score (nSPS) is 17.1. The van der Waals surface area contributed by atoms with Crippen molar-refractivity contribution < 1.29 is 18.4 Å². The number of rotatable bonds is 7. The summed E-state index contributed by atoms with van der Waals surface area (Å²) in [6, 6.07) is 13.0. The van der Waals surface area contributed by atoms with Crippen molar-refractivity contribution in [3.05, 3.63) is 87.9 Å². The van der Waals surface area contributed by atoms with E-state index in [2.05, 4.69) is 28.5 Å². The molecule has 2 aliphatic rings. The molecule has 1 aliphatic carbocycles. The molecule has 12 heteroatoms. The Morgan fingerprint density at radius 2 is 2.00 bits per heavy atom. The monoisotopic (exact) mass is 578 g/mol. The Labute approximate surface area is 237 Å². The second-order valence-corrected chi connectivity index (χ2v) is 11.4. The first-order chi connectivity index (χ1) is 19.3. The molecule has 8 nitrogen and oxygen atoms in total. The number of hydrogen-bond acceptors (Lipinski definition) is 9. The van der Waals surface area contributed by atoms with Crippen molar-refractivity contribution in [1.29, 1.82) is 5.26 Å². The van der Waals surface area contributed by atoms with Crippen LogP contribution >= 0.6 is 23.1 Å². The third-order valence-electron chi connectivity index (χ3n) is 6.75. The van der Waals surface area contributed by atoms with Crippen LogP contribution in [-0.4, -0.2) is 27.6 Å². The van der Waals surface area contributed by atoms with E-state index in [4.69, 9.17) is 5.73 Å². The molecule has 1 atom stereocenters. The number of allylic oxidation sites excluding steroid dienone is 3. The minimum Gasteiger partial charge on any atom is -0.384 e. The Morgan fingerprint density at radius 3 is 2.70 bits per heavy atom. The number of anilines is 2. The van der Waals surface area contributed by atoms with Gasteiger partial charge in [-0.15, -0.1) is 10.2 Å². The Morgan fingerprint density at radius 1 is 1.23 bits per heavy atom. The van der Waals surface area contributed by atoms with Gasteiger partial charge in [-0.1, -0.05) is 54.3 Å². The molecule has 204 valence electrons. The van der Waals surface area contributed by atoms with Crippen LogP contribution in [0.1, 0.15) is 43.2 Å². The number of nitrogens with two attached hydrogens (primary N) is 1. The average Bonchev–Trinajstić information content (AvgIpc) is 3.41. The molecule has 1 unspecified atom stereocenters. The molecular formula is C28H24F2N6O2S2. The van der Waals surface area contributed by atoms with Gasteiger partial charge in [0.25, 0.3) is 0 Å². The van der Waals surface area contributed by atoms with Gasteiger partial charge in [0.15, 0.2) is 10.1 Å². The minimum atomic E-state index is -0.872. The van der Waals surface area contributed by atoms with Crippen LogP contribution in [0.3, 0.4) is 0 Å². The zero-order chi connectivity index (χ0) is 28.4. The van der Waals surface area contributed by atoms with Gasteiger partial charge in [-0.2, -0.15) is 5.26 Å². The van der Waals surface area contributed by atoms with Gasteiger partial charge in [-0.05, 0) is 42.5 Å². The van der Waals surface area contributed by atoms with Crippen LogP contribution in [0.2, 0.25) is 0 Å². The Bertz CT molecular complexity index is 1590. The van der Waals surface area contributed by atoms with E-state index < -0.39 is 23.5 Å². The Balaban J connectivity index is 1.41. The number of ketones is 1. The molecule has 3 aromatic rings. The number of aryl methyl sites for hydroxylation is 1. The van der Waals surface area contributed by atoms with Gasteiger partial charge < -0.3 is 11.1 Å². The lowest BCUT2D eigenvalue weighted by Gasteiger charge is -2.38. The summed E-state index contributed by atoms with van der Waals surface area (Å²) in [5, 5.41) is 21.4. The fourth-order valence-electron chi connectivity index (χ4n) is 4.84. The smallest absolute Gasteiger partial charge is 0.234 e. The summed E-state index contributed by atoms with van der Waals surface area (Å²) in [6.45, 7) is 2.06. The minimum absolute atomic E-state index is 0.0279. The molecule has 0 bridgehead atoms. The quantitative estimate of drug-likeness (QED) is 0.357. The topological polar surface area (TPSA) is 125 Å². The fraction of sp³-hybridized carbons (Fsp3) is 0.250. The van der Waals surface area contributed by atoms with E-state index in [1.165, 1.54) is 0 Å². The van der Waals surface area contributed by atoms with E-state index in [-0.39, 0.29) is 28.6 Å². The highest BCUT2D eigenvalue weighted by Crippen LogP contribution is 2.47. The van der Waals surface area contributed by atoms with E-state index in [1.807, 2.05) is 24.3 Å². The number of nitrogens with zero attached hydrogens (tertiary/aromatic N) is 4. The predicted molar refractivity (Wildman–Crippen MR) is 149 cm³/mol. The zero-order valence-corrected chi connectivity index (χ0v) is 23.0. The van der Waals surface area contributed by atoms with Gasteiger partial charge in [0, 0.05) is 23.8 Å². The predicted octanol–water partition coefficient (Wildman–Crippen LogP) is 5.41. The molecule has 2 aromatic carbocycles. The van der Waals surface area contributed by atoms with Gasteiger partial charge >= 0.3 is 0 Å². The molecule has 40 heavy (non-hydrogen) atoms. The van der Waals surface area contributed by atoms with Crippen LogP contribution < -0.4 is 16.0 Å². The van der Waals surface area contributed by atoms with Crippen LogP contribution in [0.15, 0.2) is 69.5 Å². The lowest BCUT2D eigenvalue weighted by atomic mass is 9.75. The highest BCUT2D eigenvalue weighted by molar-refractivity contribution is 8.01. The Hall–Kier alpha value is -4.08. The summed E-state index contributed by atoms with van der Waals surface area (Å²) in [7, 11) is 0. The van der Waals surface area contributed by atoms with Crippen molar-refractivity contribution in [2.24, 2.45) is 5.73 Å². The van der Waals surface area contributed by atoms with Crippen molar-refractivity contribution in [3.8, 4) is 6.07 Å². The fourth-order valence-corrected chi connectivity index (χ4v) is 6.52. The SMILES string of the molecule is CCc1ccc(C2C(C#N)=C(N)N(c3nnc(SCC(=O)Nc4ccc(F)cc4F)s3)C3=C2C(=O)CCC3)cc1. The number of amides is 1. The van der Waals surface area contributed by atoms with Gasteiger partial charge in [-0.3, -0.25) is 14.5 Å². The molecule has 1 aliphatic heterocycles. The first-order valence-electron chi connectivity index (χ1n) is 12.6. The summed E-state index contributed by atoms with van der Waals surface area (Å²) < 4.78 is 27.4. The number of nitrogens with one attached hydrogen (secondary N) is 1. The Kier molecular flexibility index (Phi) is 7.95. The van der Waals surface area contributed by atoms with Crippen molar-refractivity contribution >= 4 is 45.6 Å². The summed E-state index contributed by atoms with van der Waals surface area (Å²) in [6.07, 6.45) is 2.48. The maximum Gasteiger partial charge on any atom is 0.234 e. The van der Waals surface area contributed by atoms with Crippen LogP contribution in [0.4, 0.5) is 19.6 Å². The number of hydrogen-bond donors (Lipinski definition) is 2. The standard InChI is InChI=1S/C28H24F2N6O2S2/c1-2-15-6-8-16(9-7-15)24-18(13-31)26(32)36(21-4-3-5-22(37)25(21)24)27-34-35-28(40-27)39-14-23(38)33-20-11-10-17(29)12-19(20)30/h6-12,24H,2-5,14,32H2,1H3,(H,33,38). The molecule has 2 heterocycles. The van der Waals surface area contributed by atoms with Crippen molar-refractivity contribution in [2.75, 3.05) is 16.0 Å². The van der Waals surface area contributed by atoms with Crippen molar-refractivity contribution in [3.63, 3.8) is 0 Å². The molecule has 0 saturated heterocycles. The number of halogens is 2. The first kappa shape index (κ1) is 27.5. The first-order valence-corrected chi connectivity index (χ1v) is 14.4. The van der Waals surface area contributed by atoms with Crippen LogP contribution in [0.25, 0.3) is 0 Å². The van der Waals surface area contributed by atoms with E-state index >= 15 is 0 Å². The molecular weight excluding hydrogens is 554 g/mol. The number of thioether (sulfide) groups is 1. The lowest BCUT2D eigenvalue weighted by Crippen LogP contribution is -2.38. The highest BCUT2D eigenvalue weighted by Gasteiger charge is 2.41. The van der Waals surface area contributed by atoms with Crippen molar-refractivity contribution in [1.82, 2.24) is 10.2 Å². The molecule has 3 N–H and O–H groups in total. The van der Waals surface area contributed by atoms with Gasteiger partial charge in [0.05, 0.1) is 29.0 Å². The largest absolute Gasteiger partial charge is 0.384 e. The summed E-state index contributed by atoms with van der Waals surface area (Å²) in [5.41, 5.74) is 9.96. The highest BCUT2D eigenvalue weighted by atomic mass is 32.2. The molecule has 0 fully saturated rings. The summed E-state index contributed by atoms with van der Waals surface area (Å²) >= 11 is 2.25. The molecule has 0 saturated carbocycles. The number of carbonyl (C=O) groups excluding carboxylic acids is 2. The summed E-state index contributed by atoms with van der Waals surface area (Å²) in [4.78, 5) is 27.3. The van der Waals surface area contributed by atoms with E-state index in [0.29, 0.717) is 46.1 Å². The maximum absolute atomic E-state index is 13.9. The number of carbonyl (C=O) groups is 2. The third kappa shape index (κ3) is 5.35. The second kappa shape index (κ2) is 11.6. The van der Waals surface area contributed by atoms with Gasteiger partial charge in [0.1, 0.15) is 17.5 Å². The molecule has 0 radical (unpaired) electrons. The van der Waals surface area contributed by atoms with E-state index in [0.717, 1.165) is 52.8 Å². The summed E-state index contributed by atoms with van der Waals surface area (Å²) in [5.74, 6) is -2.61. The van der Waals surface area contributed by atoms with Crippen LogP contribution in [-0.2, 0) is 16.0 Å². The maximum atomic E-state index is 13.9. The van der Waals surface area contributed by atoms with Crippen molar-refractivity contribution in [2.45, 2.75) is 42.9 Å². The van der Waals surface area contributed by atoms with Gasteiger partial charge in [-0.25, -0.2) is 8.78 Å². The number of aromatic nitrogens is 2. The molecule has 0 spiro atoms. The zero-order valence-electron chi connectivity index (χ0n) is 21.4. The number of nitriles is 1. The van der Waals surface area contributed by atoms with E-state index in [9.17, 15) is 23.6 Å². The molecule has 1 aromatic heterocycles. The molecule has 5 rings (SSSR count). The lowest BCUT2D eigenvalue weighted by molar-refractivity contribution is -0.116. The second-order valence-electron chi connectivity index (χ2n) is 9.22. The van der Waals surface area contributed by atoms with Crippen LogP contribution in [0.5, 0.6) is 0 Å².